The molecule has 0 aliphatic carbocycles. The summed E-state index contributed by atoms with van der Waals surface area (Å²) in [7, 11) is 0. The first-order valence-electron chi connectivity index (χ1n) is 3.93. The summed E-state index contributed by atoms with van der Waals surface area (Å²) in [4.78, 5) is 9.57. The molecule has 0 aromatic carbocycles. The number of aliphatic hydroxyl groups excluding tert-OH is 3. The predicted molar refractivity (Wildman–Crippen MR) is 49.5 cm³/mol. The minimum atomic E-state index is -1.21. The van der Waals surface area contributed by atoms with Crippen LogP contribution in [0, 0.1) is 0 Å². The average Bonchev–Trinajstić information content (AvgIpc) is 2.17. The lowest BCUT2D eigenvalue weighted by Gasteiger charge is -2.20. The largest absolute Gasteiger partial charge is 0.480 e. The van der Waals surface area contributed by atoms with Crippen LogP contribution in [0.4, 0.5) is 0 Å². The Morgan fingerprint density at radius 3 is 1.50 bits per heavy atom. The molecule has 0 fully saturated rings. The van der Waals surface area contributed by atoms with Gasteiger partial charge in [0.25, 0.3) is 0 Å². The molecule has 14 heavy (non-hydrogen) atoms. The normalized spacial score (nSPS) is 12.7. The fourth-order valence-electron chi connectivity index (χ4n) is 0.150. The van der Waals surface area contributed by atoms with E-state index in [-0.39, 0.29) is 0 Å². The maximum atomic E-state index is 9.57. The van der Waals surface area contributed by atoms with Crippen LogP contribution < -0.4 is 11.5 Å². The highest BCUT2D eigenvalue weighted by molar-refractivity contribution is 5.72. The van der Waals surface area contributed by atoms with Crippen LogP contribution in [0.1, 0.15) is 6.92 Å². The van der Waals surface area contributed by atoms with Gasteiger partial charge in [0, 0.05) is 0 Å². The number of aliphatic hydroxyl groups is 3. The zero-order valence-electron chi connectivity index (χ0n) is 8.05. The van der Waals surface area contributed by atoms with Gasteiger partial charge in [0.15, 0.2) is 0 Å². The summed E-state index contributed by atoms with van der Waals surface area (Å²) in [6.07, 6.45) is 0. The van der Waals surface area contributed by atoms with Crippen LogP contribution in [0.3, 0.4) is 0 Å². The van der Waals surface area contributed by atoms with E-state index < -0.39 is 37.4 Å². The molecular formula is C7H18N2O5. The third kappa shape index (κ3) is 7.90. The molecule has 0 spiro atoms. The first-order valence-corrected chi connectivity index (χ1v) is 3.93. The SMILES string of the molecule is C[C@H](N)C(=O)O.NC(CO)(CO)CO. The lowest BCUT2D eigenvalue weighted by molar-refractivity contribution is -0.138. The average molecular weight is 210 g/mol. The van der Waals surface area contributed by atoms with E-state index in [4.69, 9.17) is 31.9 Å². The second-order valence-corrected chi connectivity index (χ2v) is 2.96. The molecule has 0 aliphatic heterocycles. The van der Waals surface area contributed by atoms with E-state index in [1.807, 2.05) is 0 Å². The van der Waals surface area contributed by atoms with Crippen molar-refractivity contribution in [2.45, 2.75) is 18.5 Å². The van der Waals surface area contributed by atoms with E-state index in [2.05, 4.69) is 0 Å². The minimum absolute atomic E-state index is 0.403. The van der Waals surface area contributed by atoms with E-state index in [1.54, 1.807) is 0 Å². The van der Waals surface area contributed by atoms with Crippen LogP contribution in [0.5, 0.6) is 0 Å². The quantitative estimate of drug-likeness (QED) is 0.291. The maximum Gasteiger partial charge on any atom is 0.320 e. The van der Waals surface area contributed by atoms with Crippen LogP contribution in [0.15, 0.2) is 0 Å². The Morgan fingerprint density at radius 1 is 1.29 bits per heavy atom. The van der Waals surface area contributed by atoms with Gasteiger partial charge in [0.1, 0.15) is 6.04 Å². The van der Waals surface area contributed by atoms with E-state index in [0.29, 0.717) is 0 Å². The predicted octanol–water partition coefficient (Wildman–Crippen LogP) is -2.92. The Kier molecular flexibility index (Phi) is 8.60. The number of aliphatic carboxylic acids is 1. The fraction of sp³-hybridized carbons (Fsp3) is 0.857. The molecule has 0 aliphatic rings. The number of hydrogen-bond acceptors (Lipinski definition) is 6. The van der Waals surface area contributed by atoms with Crippen LogP contribution >= 0.6 is 0 Å². The number of hydrogen-bond donors (Lipinski definition) is 6. The van der Waals surface area contributed by atoms with Crippen molar-refractivity contribution in [1.29, 1.82) is 0 Å². The first-order chi connectivity index (χ1) is 6.32. The highest BCUT2D eigenvalue weighted by Crippen LogP contribution is 1.93. The fourth-order valence-corrected chi connectivity index (χ4v) is 0.150. The summed E-state index contributed by atoms with van der Waals surface area (Å²) in [6.45, 7) is 0.211. The van der Waals surface area contributed by atoms with Gasteiger partial charge in [-0.2, -0.15) is 0 Å². The Balaban J connectivity index is 0. The van der Waals surface area contributed by atoms with Crippen LogP contribution in [-0.4, -0.2) is 57.8 Å². The first kappa shape index (κ1) is 15.7. The van der Waals surface area contributed by atoms with Gasteiger partial charge in [-0.25, -0.2) is 0 Å². The number of carboxylic acids is 1. The van der Waals surface area contributed by atoms with Crippen molar-refractivity contribution >= 4 is 5.97 Å². The van der Waals surface area contributed by atoms with Gasteiger partial charge in [-0.3, -0.25) is 4.79 Å². The molecule has 0 saturated carbocycles. The number of carboxylic acid groups (broad SMARTS) is 1. The topological polar surface area (TPSA) is 150 Å². The second kappa shape index (κ2) is 7.65. The number of rotatable bonds is 4. The molecule has 0 heterocycles. The number of nitrogens with two attached hydrogens (primary N) is 2. The van der Waals surface area contributed by atoms with Gasteiger partial charge in [-0.05, 0) is 6.92 Å². The van der Waals surface area contributed by atoms with E-state index in [9.17, 15) is 4.79 Å². The van der Waals surface area contributed by atoms with Gasteiger partial charge >= 0.3 is 5.97 Å². The van der Waals surface area contributed by atoms with Crippen LogP contribution in [0.2, 0.25) is 0 Å². The van der Waals surface area contributed by atoms with E-state index >= 15 is 0 Å². The molecule has 0 amide bonds. The summed E-state index contributed by atoms with van der Waals surface area (Å²) in [5.74, 6) is -0.963. The lowest BCUT2D eigenvalue weighted by atomic mass is 10.1. The minimum Gasteiger partial charge on any atom is -0.480 e. The molecule has 0 aromatic heterocycles. The van der Waals surface area contributed by atoms with Gasteiger partial charge in [0.05, 0.1) is 25.4 Å². The molecule has 0 radical (unpaired) electrons. The monoisotopic (exact) mass is 210 g/mol. The Morgan fingerprint density at radius 2 is 1.50 bits per heavy atom. The second-order valence-electron chi connectivity index (χ2n) is 2.96. The molecule has 0 bridgehead atoms. The van der Waals surface area contributed by atoms with E-state index in [1.165, 1.54) is 6.92 Å². The number of carbonyl (C=O) groups is 1. The van der Waals surface area contributed by atoms with Crippen molar-refractivity contribution in [3.05, 3.63) is 0 Å². The molecular weight excluding hydrogens is 192 g/mol. The third-order valence-electron chi connectivity index (χ3n) is 1.33. The summed E-state index contributed by atoms with van der Waals surface area (Å²) < 4.78 is 0. The molecule has 0 aromatic rings. The molecule has 7 heteroatoms. The van der Waals surface area contributed by atoms with Crippen molar-refractivity contribution in [2.75, 3.05) is 19.8 Å². The zero-order chi connectivity index (χ0) is 11.8. The van der Waals surface area contributed by atoms with Crippen molar-refractivity contribution < 1.29 is 25.2 Å². The highest BCUT2D eigenvalue weighted by Gasteiger charge is 2.20. The summed E-state index contributed by atoms with van der Waals surface area (Å²) in [6, 6.07) is -0.731. The molecule has 0 rings (SSSR count). The third-order valence-corrected chi connectivity index (χ3v) is 1.33. The van der Waals surface area contributed by atoms with Crippen molar-refractivity contribution in [2.24, 2.45) is 11.5 Å². The smallest absolute Gasteiger partial charge is 0.320 e. The summed E-state index contributed by atoms with van der Waals surface area (Å²) in [5.41, 5.74) is 8.77. The Labute approximate surface area is 82.0 Å². The van der Waals surface area contributed by atoms with Gasteiger partial charge < -0.3 is 31.9 Å². The Hall–Kier alpha value is -0.730. The van der Waals surface area contributed by atoms with Crippen LogP contribution in [-0.2, 0) is 4.79 Å². The van der Waals surface area contributed by atoms with Gasteiger partial charge in [-0.1, -0.05) is 0 Å². The Bertz CT molecular complexity index is 150. The van der Waals surface area contributed by atoms with Crippen molar-refractivity contribution in [3.8, 4) is 0 Å². The molecule has 0 unspecified atom stereocenters. The van der Waals surface area contributed by atoms with Gasteiger partial charge in [0.2, 0.25) is 0 Å². The van der Waals surface area contributed by atoms with Crippen molar-refractivity contribution in [1.82, 2.24) is 0 Å². The molecule has 86 valence electrons. The zero-order valence-corrected chi connectivity index (χ0v) is 8.05. The van der Waals surface area contributed by atoms with Crippen LogP contribution in [0.25, 0.3) is 0 Å². The molecule has 1 atom stereocenters. The molecule has 0 saturated heterocycles. The summed E-state index contributed by atoms with van der Waals surface area (Å²) in [5, 5.41) is 32.9. The standard InChI is InChI=1S/C4H11NO3.C3H7NO2/c5-4(1-6,2-7)3-8;1-2(4)3(5)6/h6-8H,1-3,5H2;2H,4H2,1H3,(H,5,6)/t;2-/m.0/s1. The highest BCUT2D eigenvalue weighted by atomic mass is 16.4. The van der Waals surface area contributed by atoms with Crippen molar-refractivity contribution in [3.63, 3.8) is 0 Å². The maximum absolute atomic E-state index is 9.57. The van der Waals surface area contributed by atoms with Gasteiger partial charge in [-0.15, -0.1) is 0 Å². The summed E-state index contributed by atoms with van der Waals surface area (Å²) >= 11 is 0. The molecule has 8 N–H and O–H groups in total. The lowest BCUT2D eigenvalue weighted by Crippen LogP contribution is -2.50. The molecule has 7 nitrogen and oxygen atoms in total. The van der Waals surface area contributed by atoms with E-state index in [0.717, 1.165) is 0 Å².